The Bertz CT molecular complexity index is 395. The van der Waals surface area contributed by atoms with Gasteiger partial charge in [-0.05, 0) is 40.0 Å². The molecule has 0 saturated heterocycles. The van der Waals surface area contributed by atoms with Crippen molar-refractivity contribution in [2.24, 2.45) is 0 Å². The van der Waals surface area contributed by atoms with Crippen molar-refractivity contribution in [1.29, 1.82) is 5.26 Å². The fourth-order valence-electron chi connectivity index (χ4n) is 0.686. The van der Waals surface area contributed by atoms with E-state index in [2.05, 4.69) is 27.8 Å². The van der Waals surface area contributed by atoms with Crippen LogP contribution in [0.25, 0.3) is 0 Å². The van der Waals surface area contributed by atoms with Gasteiger partial charge in [-0.25, -0.2) is 4.39 Å². The number of nitrogens with zero attached hydrogens (tertiary/aromatic N) is 1. The Morgan fingerprint density at radius 1 is 1.42 bits per heavy atom. The van der Waals surface area contributed by atoms with Gasteiger partial charge in [0.15, 0.2) is 6.07 Å². The summed E-state index contributed by atoms with van der Waals surface area (Å²) in [7, 11) is 0. The summed E-state index contributed by atoms with van der Waals surface area (Å²) in [6.45, 7) is 0. The second-order valence-electron chi connectivity index (χ2n) is 1.99. The molecule has 0 fully saturated rings. The van der Waals surface area contributed by atoms with Crippen molar-refractivity contribution in [2.45, 2.75) is 0 Å². The molecule has 0 N–H and O–H groups in total. The third kappa shape index (κ3) is 2.08. The fourth-order valence-corrected chi connectivity index (χ4v) is 1.14. The minimum absolute atomic E-state index is 0.329. The molecule has 0 radical (unpaired) electrons. The molecule has 12 heavy (non-hydrogen) atoms. The maximum atomic E-state index is 12.5. The molecule has 0 saturated carbocycles. The maximum Gasteiger partial charge on any atom is 0.152 e. The van der Waals surface area contributed by atoms with E-state index in [0.717, 1.165) is 0 Å². The second-order valence-corrected chi connectivity index (χ2v) is 2.84. The molecule has 0 aliphatic carbocycles. The molecular formula is C9H3BrFN. The number of hydrogen-bond acceptors (Lipinski definition) is 1. The molecule has 58 valence electrons. The van der Waals surface area contributed by atoms with Crippen LogP contribution in [-0.2, 0) is 0 Å². The van der Waals surface area contributed by atoms with E-state index in [4.69, 9.17) is 5.26 Å². The predicted molar refractivity (Wildman–Crippen MR) is 46.6 cm³/mol. The van der Waals surface area contributed by atoms with E-state index in [1.54, 1.807) is 6.07 Å². The summed E-state index contributed by atoms with van der Waals surface area (Å²) in [5, 5.41) is 8.16. The summed E-state index contributed by atoms with van der Waals surface area (Å²) in [5.41, 5.74) is 0.609. The highest BCUT2D eigenvalue weighted by Gasteiger charge is 1.96. The monoisotopic (exact) mass is 223 g/mol. The van der Waals surface area contributed by atoms with Crippen molar-refractivity contribution >= 4 is 15.9 Å². The van der Waals surface area contributed by atoms with E-state index < -0.39 is 0 Å². The molecule has 1 nitrogen and oxygen atoms in total. The minimum atomic E-state index is -0.329. The van der Waals surface area contributed by atoms with Crippen molar-refractivity contribution in [3.8, 4) is 17.9 Å². The van der Waals surface area contributed by atoms with Crippen molar-refractivity contribution in [2.75, 3.05) is 0 Å². The van der Waals surface area contributed by atoms with Crippen LogP contribution in [0.15, 0.2) is 22.7 Å². The Morgan fingerprint density at radius 2 is 2.17 bits per heavy atom. The van der Waals surface area contributed by atoms with E-state index in [1.165, 1.54) is 18.2 Å². The number of benzene rings is 1. The van der Waals surface area contributed by atoms with Crippen LogP contribution in [0.1, 0.15) is 5.56 Å². The fraction of sp³-hybridized carbons (Fsp3) is 0. The average Bonchev–Trinajstić information content (AvgIpc) is 2.03. The molecule has 0 bridgehead atoms. The maximum absolute atomic E-state index is 12.5. The van der Waals surface area contributed by atoms with Crippen LogP contribution in [0.5, 0.6) is 0 Å². The van der Waals surface area contributed by atoms with Gasteiger partial charge in [0, 0.05) is 16.0 Å². The molecule has 0 amide bonds. The predicted octanol–water partition coefficient (Wildman–Crippen LogP) is 2.46. The van der Waals surface area contributed by atoms with E-state index in [-0.39, 0.29) is 5.82 Å². The van der Waals surface area contributed by atoms with Crippen LogP contribution in [0.3, 0.4) is 0 Å². The molecule has 1 aromatic rings. The third-order valence-corrected chi connectivity index (χ3v) is 1.84. The van der Waals surface area contributed by atoms with E-state index in [1.807, 2.05) is 0 Å². The normalized spacial score (nSPS) is 8.08. The molecule has 0 atom stereocenters. The van der Waals surface area contributed by atoms with Crippen molar-refractivity contribution in [3.05, 3.63) is 34.1 Å². The van der Waals surface area contributed by atoms with Crippen LogP contribution in [0.2, 0.25) is 0 Å². The summed E-state index contributed by atoms with van der Waals surface area (Å²) in [6, 6.07) is 5.80. The third-order valence-electron chi connectivity index (χ3n) is 1.18. The smallest absolute Gasteiger partial charge is 0.152 e. The Hall–Kier alpha value is -1.32. The van der Waals surface area contributed by atoms with Crippen LogP contribution in [0.4, 0.5) is 4.39 Å². The molecular weight excluding hydrogens is 221 g/mol. The molecule has 0 unspecified atom stereocenters. The van der Waals surface area contributed by atoms with Crippen LogP contribution in [0, 0.1) is 29.0 Å². The van der Waals surface area contributed by atoms with Crippen molar-refractivity contribution in [1.82, 2.24) is 0 Å². The molecule has 0 spiro atoms. The summed E-state index contributed by atoms with van der Waals surface area (Å²) in [5.74, 6) is 4.46. The zero-order valence-electron chi connectivity index (χ0n) is 5.94. The van der Waals surface area contributed by atoms with Gasteiger partial charge < -0.3 is 0 Å². The lowest BCUT2D eigenvalue weighted by Gasteiger charge is -1.93. The van der Waals surface area contributed by atoms with Crippen LogP contribution >= 0.6 is 15.9 Å². The molecule has 1 aromatic carbocycles. The van der Waals surface area contributed by atoms with Gasteiger partial charge in [0.25, 0.3) is 0 Å². The molecule has 0 heterocycles. The summed E-state index contributed by atoms with van der Waals surface area (Å²) < 4.78 is 13.1. The highest BCUT2D eigenvalue weighted by molar-refractivity contribution is 9.10. The number of halogens is 2. The highest BCUT2D eigenvalue weighted by atomic mass is 79.9. The van der Waals surface area contributed by atoms with Gasteiger partial charge in [-0.3, -0.25) is 0 Å². The molecule has 0 aromatic heterocycles. The zero-order valence-corrected chi connectivity index (χ0v) is 7.52. The van der Waals surface area contributed by atoms with Gasteiger partial charge >= 0.3 is 0 Å². The zero-order chi connectivity index (χ0) is 8.97. The van der Waals surface area contributed by atoms with E-state index in [9.17, 15) is 4.39 Å². The van der Waals surface area contributed by atoms with E-state index >= 15 is 0 Å². The van der Waals surface area contributed by atoms with Gasteiger partial charge in [-0.1, -0.05) is 0 Å². The summed E-state index contributed by atoms with van der Waals surface area (Å²) >= 11 is 3.13. The van der Waals surface area contributed by atoms with Crippen LogP contribution < -0.4 is 0 Å². The first kappa shape index (κ1) is 8.77. The lowest BCUT2D eigenvalue weighted by atomic mass is 10.2. The first-order valence-electron chi connectivity index (χ1n) is 3.09. The molecule has 1 rings (SSSR count). The average molecular weight is 224 g/mol. The Kier molecular flexibility index (Phi) is 2.85. The largest absolute Gasteiger partial charge is 0.207 e. The highest BCUT2D eigenvalue weighted by Crippen LogP contribution is 2.16. The molecule has 0 aliphatic heterocycles. The quantitative estimate of drug-likeness (QED) is 0.621. The number of nitriles is 1. The van der Waals surface area contributed by atoms with Gasteiger partial charge in [0.05, 0.1) is 0 Å². The van der Waals surface area contributed by atoms with Gasteiger partial charge in [0.2, 0.25) is 0 Å². The van der Waals surface area contributed by atoms with Gasteiger partial charge in [-0.2, -0.15) is 5.26 Å². The standard InChI is InChI=1S/C9H3BrFN/c10-9-6-8(11)4-3-7(9)2-1-5-12/h3-4,6H. The van der Waals surface area contributed by atoms with Gasteiger partial charge in [-0.15, -0.1) is 0 Å². The van der Waals surface area contributed by atoms with E-state index in [0.29, 0.717) is 10.0 Å². The van der Waals surface area contributed by atoms with Crippen molar-refractivity contribution in [3.63, 3.8) is 0 Å². The Labute approximate surface area is 78.0 Å². The summed E-state index contributed by atoms with van der Waals surface area (Å²) in [6.07, 6.45) is 0. The second kappa shape index (κ2) is 3.90. The van der Waals surface area contributed by atoms with Crippen LogP contribution in [-0.4, -0.2) is 0 Å². The minimum Gasteiger partial charge on any atom is -0.207 e. The number of hydrogen-bond donors (Lipinski definition) is 0. The summed E-state index contributed by atoms with van der Waals surface area (Å²) in [4.78, 5) is 0. The van der Waals surface area contributed by atoms with Crippen molar-refractivity contribution < 1.29 is 4.39 Å². The number of rotatable bonds is 0. The van der Waals surface area contributed by atoms with Gasteiger partial charge in [0.1, 0.15) is 5.82 Å². The lowest BCUT2D eigenvalue weighted by Crippen LogP contribution is -1.79. The molecule has 0 aliphatic rings. The Morgan fingerprint density at radius 3 is 2.75 bits per heavy atom. The Balaban J connectivity index is 3.12. The first-order valence-corrected chi connectivity index (χ1v) is 3.88. The first-order chi connectivity index (χ1) is 5.74. The molecule has 3 heteroatoms. The SMILES string of the molecule is N#CC#Cc1ccc(F)cc1Br. The topological polar surface area (TPSA) is 23.8 Å². The lowest BCUT2D eigenvalue weighted by molar-refractivity contribution is 0.627.